The Morgan fingerprint density at radius 1 is 1.28 bits per heavy atom. The summed E-state index contributed by atoms with van der Waals surface area (Å²) in [6.07, 6.45) is -2.99. The van der Waals surface area contributed by atoms with Crippen molar-refractivity contribution in [3.63, 3.8) is 0 Å². The van der Waals surface area contributed by atoms with Gasteiger partial charge in [-0.05, 0) is 58.0 Å². The number of ether oxygens (including phenoxy) is 1. The monoisotopic (exact) mass is 413 g/mol. The molecule has 160 valence electrons. The van der Waals surface area contributed by atoms with Crippen LogP contribution in [0.15, 0.2) is 35.6 Å². The summed E-state index contributed by atoms with van der Waals surface area (Å²) in [6.45, 7) is 7.51. The van der Waals surface area contributed by atoms with E-state index in [2.05, 4.69) is 4.98 Å². The molecule has 1 rings (SSSR count). The van der Waals surface area contributed by atoms with E-state index in [1.807, 2.05) is 0 Å². The number of aryl methyl sites for hydroxylation is 1. The Hall–Kier alpha value is -2.84. The van der Waals surface area contributed by atoms with Gasteiger partial charge in [0.15, 0.2) is 6.29 Å². The van der Waals surface area contributed by atoms with Crippen molar-refractivity contribution in [2.45, 2.75) is 52.8 Å². The first-order valence-electron chi connectivity index (χ1n) is 8.95. The number of nitrogens with two attached hydrogens (primary N) is 1. The zero-order valence-electron chi connectivity index (χ0n) is 17.1. The number of carbonyl (C=O) groups is 2. The third kappa shape index (κ3) is 6.92. The van der Waals surface area contributed by atoms with E-state index in [-0.39, 0.29) is 17.8 Å². The molecule has 1 amide bonds. The summed E-state index contributed by atoms with van der Waals surface area (Å²) in [5.74, 6) is 0.0414. The fourth-order valence-electron chi connectivity index (χ4n) is 2.42. The Balaban J connectivity index is 3.44. The Morgan fingerprint density at radius 2 is 1.90 bits per heavy atom. The number of amides is 1. The standard InChI is InChI=1S/C20H26F3N3O3/c1-6-7-16(20(21,22)23)15(10-24)11-26(18(28)29-19(3,4)5)17-9-8-14(12-27)13(2)25-17/h7-10,12H,6,11,24H2,1-5H3/b15-10-,16-7+. The summed E-state index contributed by atoms with van der Waals surface area (Å²) in [5.41, 5.74) is 3.99. The van der Waals surface area contributed by atoms with Crippen LogP contribution in [0.2, 0.25) is 0 Å². The molecule has 0 aliphatic carbocycles. The van der Waals surface area contributed by atoms with Crippen LogP contribution in [0.4, 0.5) is 23.8 Å². The first-order chi connectivity index (χ1) is 13.3. The van der Waals surface area contributed by atoms with Gasteiger partial charge in [-0.25, -0.2) is 9.78 Å². The van der Waals surface area contributed by atoms with Gasteiger partial charge >= 0.3 is 12.3 Å². The number of hydrogen-bond acceptors (Lipinski definition) is 5. The van der Waals surface area contributed by atoms with Gasteiger partial charge in [0.25, 0.3) is 0 Å². The van der Waals surface area contributed by atoms with E-state index in [0.717, 1.165) is 17.2 Å². The van der Waals surface area contributed by atoms with Gasteiger partial charge in [-0.1, -0.05) is 13.0 Å². The summed E-state index contributed by atoms with van der Waals surface area (Å²) in [7, 11) is 0. The van der Waals surface area contributed by atoms with E-state index in [1.54, 1.807) is 34.6 Å². The number of rotatable bonds is 6. The number of aromatic nitrogens is 1. The molecule has 0 saturated carbocycles. The lowest BCUT2D eigenvalue weighted by Gasteiger charge is -2.28. The number of pyridine rings is 1. The van der Waals surface area contributed by atoms with Crippen molar-refractivity contribution in [2.24, 2.45) is 5.73 Å². The van der Waals surface area contributed by atoms with E-state index < -0.39 is 30.0 Å². The number of nitrogens with zero attached hydrogens (tertiary/aromatic N) is 2. The highest BCUT2D eigenvalue weighted by Crippen LogP contribution is 2.32. The van der Waals surface area contributed by atoms with E-state index in [9.17, 15) is 22.8 Å². The molecule has 1 heterocycles. The van der Waals surface area contributed by atoms with Crippen molar-refractivity contribution in [3.8, 4) is 0 Å². The molecule has 0 fully saturated rings. The summed E-state index contributed by atoms with van der Waals surface area (Å²) < 4.78 is 45.8. The molecule has 0 bridgehead atoms. The van der Waals surface area contributed by atoms with Gasteiger partial charge in [-0.2, -0.15) is 13.2 Å². The fraction of sp³-hybridized carbons (Fsp3) is 0.450. The maximum absolute atomic E-state index is 13.5. The summed E-state index contributed by atoms with van der Waals surface area (Å²) in [6, 6.07) is 2.80. The molecule has 0 spiro atoms. The number of allylic oxidation sites excluding steroid dienone is 1. The highest BCUT2D eigenvalue weighted by atomic mass is 19.4. The zero-order valence-corrected chi connectivity index (χ0v) is 17.1. The number of anilines is 1. The van der Waals surface area contributed by atoms with Crippen molar-refractivity contribution in [1.29, 1.82) is 0 Å². The van der Waals surface area contributed by atoms with E-state index in [1.165, 1.54) is 12.1 Å². The zero-order chi connectivity index (χ0) is 22.4. The van der Waals surface area contributed by atoms with Crippen LogP contribution in [0.5, 0.6) is 0 Å². The van der Waals surface area contributed by atoms with Gasteiger partial charge < -0.3 is 10.5 Å². The van der Waals surface area contributed by atoms with Gasteiger partial charge in [-0.3, -0.25) is 9.69 Å². The third-order valence-corrected chi connectivity index (χ3v) is 3.72. The molecule has 0 saturated heterocycles. The predicted molar refractivity (Wildman–Crippen MR) is 105 cm³/mol. The second-order valence-corrected chi connectivity index (χ2v) is 7.24. The van der Waals surface area contributed by atoms with Crippen LogP contribution in [0.1, 0.15) is 50.2 Å². The predicted octanol–water partition coefficient (Wildman–Crippen LogP) is 4.69. The molecule has 9 heteroatoms. The molecule has 0 atom stereocenters. The minimum atomic E-state index is -4.65. The molecule has 1 aromatic rings. The van der Waals surface area contributed by atoms with Crippen molar-refractivity contribution < 1.29 is 27.5 Å². The molecule has 29 heavy (non-hydrogen) atoms. The lowest BCUT2D eigenvalue weighted by atomic mass is 10.0. The number of hydrogen-bond donors (Lipinski definition) is 1. The van der Waals surface area contributed by atoms with Crippen LogP contribution in [-0.2, 0) is 4.74 Å². The second-order valence-electron chi connectivity index (χ2n) is 7.24. The molecular formula is C20H26F3N3O3. The molecule has 0 aliphatic rings. The van der Waals surface area contributed by atoms with Crippen molar-refractivity contribution in [3.05, 3.63) is 46.8 Å². The van der Waals surface area contributed by atoms with Crippen LogP contribution in [-0.4, -0.2) is 35.7 Å². The fourth-order valence-corrected chi connectivity index (χ4v) is 2.42. The Labute approximate surface area is 168 Å². The summed E-state index contributed by atoms with van der Waals surface area (Å²) in [5, 5.41) is 0. The van der Waals surface area contributed by atoms with Gasteiger partial charge in [0.1, 0.15) is 11.4 Å². The summed E-state index contributed by atoms with van der Waals surface area (Å²) >= 11 is 0. The van der Waals surface area contributed by atoms with Gasteiger partial charge in [0.05, 0.1) is 17.8 Å². The van der Waals surface area contributed by atoms with Gasteiger partial charge in [0, 0.05) is 5.56 Å². The van der Waals surface area contributed by atoms with E-state index in [0.29, 0.717) is 17.5 Å². The molecule has 0 aliphatic heterocycles. The second kappa shape index (κ2) is 9.58. The number of aldehydes is 1. The molecule has 0 unspecified atom stereocenters. The Morgan fingerprint density at radius 3 is 2.31 bits per heavy atom. The maximum Gasteiger partial charge on any atom is 0.416 e. The number of halogens is 3. The van der Waals surface area contributed by atoms with Crippen molar-refractivity contribution in [1.82, 2.24) is 4.98 Å². The maximum atomic E-state index is 13.5. The van der Waals surface area contributed by atoms with E-state index >= 15 is 0 Å². The minimum Gasteiger partial charge on any atom is -0.443 e. The average Bonchev–Trinajstić information content (AvgIpc) is 2.58. The van der Waals surface area contributed by atoms with Crippen molar-refractivity contribution in [2.75, 3.05) is 11.4 Å². The highest BCUT2D eigenvalue weighted by molar-refractivity contribution is 5.88. The normalized spacial score (nSPS) is 13.2. The summed E-state index contributed by atoms with van der Waals surface area (Å²) in [4.78, 5) is 28.9. The van der Waals surface area contributed by atoms with Gasteiger partial charge in [0.2, 0.25) is 0 Å². The smallest absolute Gasteiger partial charge is 0.416 e. The number of alkyl halides is 3. The SMILES string of the molecule is CC/C=C(\C(=C/N)CN(C(=O)OC(C)(C)C)c1ccc(C=O)c(C)n1)C(F)(F)F. The third-order valence-electron chi connectivity index (χ3n) is 3.72. The average molecular weight is 413 g/mol. The van der Waals surface area contributed by atoms with Crippen LogP contribution >= 0.6 is 0 Å². The largest absolute Gasteiger partial charge is 0.443 e. The van der Waals surface area contributed by atoms with Gasteiger partial charge in [-0.15, -0.1) is 0 Å². The van der Waals surface area contributed by atoms with Crippen LogP contribution < -0.4 is 10.6 Å². The first-order valence-corrected chi connectivity index (χ1v) is 8.95. The van der Waals surface area contributed by atoms with Crippen molar-refractivity contribution >= 4 is 18.2 Å². The molecular weight excluding hydrogens is 387 g/mol. The number of carbonyl (C=O) groups excluding carboxylic acids is 2. The first kappa shape index (κ1) is 24.2. The quantitative estimate of drug-likeness (QED) is 0.540. The Kier molecular flexibility index (Phi) is 7.99. The van der Waals surface area contributed by atoms with Crippen LogP contribution in [0.3, 0.4) is 0 Å². The van der Waals surface area contributed by atoms with Crippen LogP contribution in [0, 0.1) is 6.92 Å². The topological polar surface area (TPSA) is 85.5 Å². The molecule has 1 aromatic heterocycles. The molecule has 0 radical (unpaired) electrons. The molecule has 0 aromatic carbocycles. The van der Waals surface area contributed by atoms with E-state index in [4.69, 9.17) is 10.5 Å². The highest BCUT2D eigenvalue weighted by Gasteiger charge is 2.37. The Bertz CT molecular complexity index is 809. The molecule has 2 N–H and O–H groups in total. The van der Waals surface area contributed by atoms with Crippen LogP contribution in [0.25, 0.3) is 0 Å². The lowest BCUT2D eigenvalue weighted by molar-refractivity contribution is -0.0897. The molecule has 6 nitrogen and oxygen atoms in total. The minimum absolute atomic E-state index is 0.0414. The lowest BCUT2D eigenvalue weighted by Crippen LogP contribution is -2.39.